The van der Waals surface area contributed by atoms with Crippen molar-refractivity contribution in [2.24, 2.45) is 0 Å². The standard InChI is InChI=1S/2C32H68N.C2H5O3P/c2*1-5-9-10-11-12-13-14-15-16-17-18-19-20-21-22-23-24-25-26-27-28-29-30-31-32-33(6-2,7-3)8-4;1-2-6(3,4)5/h2*5-32H2,1-4H3;2H,1H2,(H2,3,4,5)/q2*+1;/p-2. The Labute approximate surface area is 457 Å². The fraction of sp³-hybridized carbons (Fsp3) is 0.970. The van der Waals surface area contributed by atoms with Gasteiger partial charge in [0.2, 0.25) is 0 Å². The van der Waals surface area contributed by atoms with Gasteiger partial charge in [-0.2, -0.15) is 0 Å². The molecule has 0 aromatic rings. The molecule has 0 fully saturated rings. The van der Waals surface area contributed by atoms with Crippen molar-refractivity contribution in [2.75, 3.05) is 52.4 Å². The maximum Gasteiger partial charge on any atom is 0.0786 e. The fourth-order valence-electron chi connectivity index (χ4n) is 11.1. The van der Waals surface area contributed by atoms with Gasteiger partial charge in [-0.15, -0.1) is 0 Å². The van der Waals surface area contributed by atoms with Gasteiger partial charge < -0.3 is 23.3 Å². The Morgan fingerprint density at radius 3 is 0.472 bits per heavy atom. The summed E-state index contributed by atoms with van der Waals surface area (Å²) in [6.07, 6.45) is 70.8. The number of nitrogens with zero attached hydrogens (tertiary/aromatic N) is 2. The summed E-state index contributed by atoms with van der Waals surface area (Å²) in [5.41, 5.74) is 0. The maximum absolute atomic E-state index is 9.35. The average molecular weight is 1040 g/mol. The quantitative estimate of drug-likeness (QED) is 0.0346. The minimum Gasteiger partial charge on any atom is -0.808 e. The number of hydrogen-bond acceptors (Lipinski definition) is 3. The topological polar surface area (TPSA) is 63.2 Å². The molecule has 0 aromatic carbocycles. The lowest BCUT2D eigenvalue weighted by Gasteiger charge is -2.35. The summed E-state index contributed by atoms with van der Waals surface area (Å²) in [7, 11) is -4.38. The zero-order chi connectivity index (χ0) is 53.8. The van der Waals surface area contributed by atoms with Crippen LogP contribution in [-0.4, -0.2) is 61.3 Å². The average Bonchev–Trinajstić information content (AvgIpc) is 3.39. The second-order valence-corrected chi connectivity index (χ2v) is 24.5. The van der Waals surface area contributed by atoms with Gasteiger partial charge in [0, 0.05) is 0 Å². The zero-order valence-electron chi connectivity index (χ0n) is 51.4. The molecule has 0 aliphatic heterocycles. The number of unbranched alkanes of at least 4 members (excludes halogenated alkanes) is 46. The SMILES string of the molecule is C=CP(=O)([O-])[O-].CCCCCCCCCCCCCCCCCCCCCCCCCC[N+](CC)(CC)CC.CCCCCCCCCCCCCCCCCCCCCCCCCC[N+](CC)(CC)CC. The molecule has 0 unspecified atom stereocenters. The zero-order valence-corrected chi connectivity index (χ0v) is 52.3. The van der Waals surface area contributed by atoms with E-state index in [0.717, 1.165) is 0 Å². The van der Waals surface area contributed by atoms with E-state index in [4.69, 9.17) is 0 Å². The first-order valence-corrected chi connectivity index (χ1v) is 35.0. The highest BCUT2D eigenvalue weighted by Crippen LogP contribution is 2.22. The van der Waals surface area contributed by atoms with Crippen molar-refractivity contribution < 1.29 is 23.3 Å². The summed E-state index contributed by atoms with van der Waals surface area (Å²) in [5.74, 6) is 0.382. The molecule has 0 aliphatic rings. The van der Waals surface area contributed by atoms with E-state index in [1.54, 1.807) is 0 Å². The van der Waals surface area contributed by atoms with Crippen LogP contribution in [0.1, 0.15) is 364 Å². The maximum atomic E-state index is 9.35. The lowest BCUT2D eigenvalue weighted by Crippen LogP contribution is -2.48. The van der Waals surface area contributed by atoms with Gasteiger partial charge in [0.25, 0.3) is 0 Å². The lowest BCUT2D eigenvalue weighted by atomic mass is 10.0. The van der Waals surface area contributed by atoms with Crippen LogP contribution in [0.15, 0.2) is 12.4 Å². The Balaban J connectivity index is -0.00000118. The summed E-state index contributed by atoms with van der Waals surface area (Å²) in [5, 5.41) is 0. The molecule has 0 N–H and O–H groups in total. The van der Waals surface area contributed by atoms with E-state index in [2.05, 4.69) is 62.0 Å². The first-order chi connectivity index (χ1) is 35.0. The normalized spacial score (nSPS) is 11.9. The molecule has 0 aliphatic carbocycles. The van der Waals surface area contributed by atoms with E-state index in [0.29, 0.717) is 5.82 Å². The van der Waals surface area contributed by atoms with Gasteiger partial charge in [0.15, 0.2) is 0 Å². The number of rotatable bonds is 57. The van der Waals surface area contributed by atoms with Crippen LogP contribution in [0.5, 0.6) is 0 Å². The van der Waals surface area contributed by atoms with Crippen LogP contribution in [0.3, 0.4) is 0 Å². The van der Waals surface area contributed by atoms with E-state index < -0.39 is 7.60 Å². The highest BCUT2D eigenvalue weighted by molar-refractivity contribution is 7.52. The molecule has 0 aromatic heterocycles. The van der Waals surface area contributed by atoms with Crippen LogP contribution in [0.2, 0.25) is 0 Å². The van der Waals surface area contributed by atoms with E-state index in [1.807, 2.05) is 0 Å². The summed E-state index contributed by atoms with van der Waals surface area (Å²) in [6, 6.07) is 0. The van der Waals surface area contributed by atoms with Crippen molar-refractivity contribution in [1.82, 2.24) is 0 Å². The van der Waals surface area contributed by atoms with Gasteiger partial charge in [0.1, 0.15) is 0 Å². The highest BCUT2D eigenvalue weighted by Gasteiger charge is 2.20. The van der Waals surface area contributed by atoms with Crippen LogP contribution >= 0.6 is 7.60 Å². The summed E-state index contributed by atoms with van der Waals surface area (Å²) >= 11 is 0. The first kappa shape index (κ1) is 76.0. The molecule has 0 rings (SSSR count). The molecule has 0 saturated carbocycles. The van der Waals surface area contributed by atoms with Crippen molar-refractivity contribution in [2.45, 2.75) is 364 Å². The van der Waals surface area contributed by atoms with E-state index >= 15 is 0 Å². The summed E-state index contributed by atoms with van der Waals surface area (Å²) in [6.45, 7) is 32.2. The molecule has 436 valence electrons. The smallest absolute Gasteiger partial charge is 0.0786 e. The van der Waals surface area contributed by atoms with E-state index in [1.165, 1.54) is 370 Å². The molecule has 0 atom stereocenters. The molecule has 0 heterocycles. The molecule has 0 spiro atoms. The third-order valence-electron chi connectivity index (χ3n) is 17.2. The Kier molecular flexibility index (Phi) is 65.1. The van der Waals surface area contributed by atoms with Crippen LogP contribution in [-0.2, 0) is 4.57 Å². The van der Waals surface area contributed by atoms with Crippen LogP contribution in [0.4, 0.5) is 0 Å². The highest BCUT2D eigenvalue weighted by atomic mass is 31.2. The van der Waals surface area contributed by atoms with Crippen molar-refractivity contribution in [3.8, 4) is 0 Å². The predicted molar refractivity (Wildman–Crippen MR) is 324 cm³/mol. The van der Waals surface area contributed by atoms with Crippen molar-refractivity contribution in [1.29, 1.82) is 0 Å². The Hall–Kier alpha value is -0.190. The van der Waals surface area contributed by atoms with Crippen molar-refractivity contribution in [3.05, 3.63) is 12.4 Å². The minimum absolute atomic E-state index is 0.382. The second-order valence-electron chi connectivity index (χ2n) is 23.0. The van der Waals surface area contributed by atoms with Gasteiger partial charge in [-0.05, 0) is 74.8 Å². The van der Waals surface area contributed by atoms with Crippen LogP contribution in [0, 0.1) is 0 Å². The second kappa shape index (κ2) is 61.7. The van der Waals surface area contributed by atoms with Gasteiger partial charge >= 0.3 is 0 Å². The number of hydrogen-bond donors (Lipinski definition) is 0. The monoisotopic (exact) mass is 1040 g/mol. The molecular formula is C66H139N2O3P. The molecule has 0 saturated heterocycles. The molecular weight excluding hydrogens is 900 g/mol. The molecule has 5 nitrogen and oxygen atoms in total. The lowest BCUT2D eigenvalue weighted by molar-refractivity contribution is -0.923. The molecule has 0 amide bonds. The Morgan fingerprint density at radius 2 is 0.375 bits per heavy atom. The van der Waals surface area contributed by atoms with Gasteiger partial charge in [0.05, 0.1) is 52.4 Å². The van der Waals surface area contributed by atoms with Gasteiger partial charge in [-0.3, -0.25) is 0 Å². The van der Waals surface area contributed by atoms with Gasteiger partial charge in [-0.1, -0.05) is 309 Å². The largest absolute Gasteiger partial charge is 0.808 e. The molecule has 0 bridgehead atoms. The molecule has 72 heavy (non-hydrogen) atoms. The first-order valence-electron chi connectivity index (χ1n) is 33.4. The third-order valence-corrected chi connectivity index (χ3v) is 17.7. The van der Waals surface area contributed by atoms with Gasteiger partial charge in [-0.25, -0.2) is 0 Å². The summed E-state index contributed by atoms with van der Waals surface area (Å²) < 4.78 is 12.0. The van der Waals surface area contributed by atoms with Crippen LogP contribution < -0.4 is 9.79 Å². The molecule has 0 radical (unpaired) electrons. The number of quaternary nitrogens is 2. The Morgan fingerprint density at radius 1 is 0.264 bits per heavy atom. The minimum atomic E-state index is -4.38. The molecule has 6 heteroatoms. The van der Waals surface area contributed by atoms with Crippen LogP contribution in [0.25, 0.3) is 0 Å². The Bertz CT molecular complexity index is 955. The predicted octanol–water partition coefficient (Wildman–Crippen LogP) is 21.5. The van der Waals surface area contributed by atoms with Crippen molar-refractivity contribution in [3.63, 3.8) is 0 Å². The summed E-state index contributed by atoms with van der Waals surface area (Å²) in [4.78, 5) is 18.7. The third kappa shape index (κ3) is 59.1. The van der Waals surface area contributed by atoms with Crippen molar-refractivity contribution >= 4 is 7.60 Å². The fourth-order valence-corrected chi connectivity index (χ4v) is 11.1. The van der Waals surface area contributed by atoms with E-state index in [9.17, 15) is 14.4 Å². The van der Waals surface area contributed by atoms with E-state index in [-0.39, 0.29) is 0 Å².